The first-order chi connectivity index (χ1) is 6.83. The summed E-state index contributed by atoms with van der Waals surface area (Å²) in [4.78, 5) is 4.14. The van der Waals surface area contributed by atoms with Gasteiger partial charge in [-0.25, -0.2) is 0 Å². The molecule has 0 spiro atoms. The van der Waals surface area contributed by atoms with E-state index in [4.69, 9.17) is 4.74 Å². The average molecular weight is 197 g/mol. The van der Waals surface area contributed by atoms with Crippen LogP contribution in [0.25, 0.3) is 0 Å². The minimum atomic E-state index is 0.597. The fourth-order valence-electron chi connectivity index (χ4n) is 0.732. The molecule has 0 aromatic carbocycles. The maximum absolute atomic E-state index is 4.91. The lowest BCUT2D eigenvalue weighted by atomic mass is 10.3. The predicted octanol–water partition coefficient (Wildman–Crippen LogP) is 3.59. The zero-order chi connectivity index (χ0) is 11.4. The highest BCUT2D eigenvalue weighted by Gasteiger charge is 1.89. The highest BCUT2D eigenvalue weighted by Crippen LogP contribution is 1.98. The summed E-state index contributed by atoms with van der Waals surface area (Å²) in [6.45, 7) is 10.6. The van der Waals surface area contributed by atoms with Gasteiger partial charge in [-0.3, -0.25) is 4.98 Å². The average Bonchev–Trinajstić information content (AvgIpc) is 2.28. The highest BCUT2D eigenvalue weighted by molar-refractivity contribution is 5.11. The maximum Gasteiger partial charge on any atom is 0.0884 e. The Morgan fingerprint density at radius 2 is 1.71 bits per heavy atom. The van der Waals surface area contributed by atoms with E-state index in [1.807, 2.05) is 52.9 Å². The molecule has 0 saturated carbocycles. The van der Waals surface area contributed by atoms with Crippen molar-refractivity contribution >= 4 is 0 Å². The van der Waals surface area contributed by atoms with Gasteiger partial charge in [-0.1, -0.05) is 33.8 Å². The Kier molecular flexibility index (Phi) is 13.5. The Balaban J connectivity index is 0. The van der Waals surface area contributed by atoms with Crippen molar-refractivity contribution in [2.24, 2.45) is 0 Å². The van der Waals surface area contributed by atoms with Crippen LogP contribution in [0.4, 0.5) is 0 Å². The maximum atomic E-state index is 4.91. The molecular weight excluding hydrogens is 174 g/mol. The Hall–Kier alpha value is -0.890. The molecule has 0 radical (unpaired) electrons. The molecular formula is C12H23NO. The van der Waals surface area contributed by atoms with E-state index in [0.717, 1.165) is 5.69 Å². The summed E-state index contributed by atoms with van der Waals surface area (Å²) in [5.41, 5.74) is 2.16. The predicted molar refractivity (Wildman–Crippen MR) is 62.4 cm³/mol. The highest BCUT2D eigenvalue weighted by atomic mass is 16.5. The standard InChI is InChI=1S/C8H11NO.2C2H6/c1-7-3-4-8(6-10-2)9-5-7;2*1-2/h3-5H,6H2,1-2H3;2*1-2H3. The van der Waals surface area contributed by atoms with Crippen LogP contribution in [0.15, 0.2) is 18.3 Å². The number of aromatic nitrogens is 1. The minimum Gasteiger partial charge on any atom is -0.378 e. The second-order valence-electron chi connectivity index (χ2n) is 2.26. The zero-order valence-electron chi connectivity index (χ0n) is 10.3. The van der Waals surface area contributed by atoms with Crippen molar-refractivity contribution in [3.63, 3.8) is 0 Å². The molecule has 0 amide bonds. The first-order valence-corrected chi connectivity index (χ1v) is 5.23. The van der Waals surface area contributed by atoms with E-state index in [2.05, 4.69) is 4.98 Å². The Bertz CT molecular complexity index is 194. The first-order valence-electron chi connectivity index (χ1n) is 5.23. The summed E-state index contributed by atoms with van der Waals surface area (Å²) in [5.74, 6) is 0. The molecule has 0 atom stereocenters. The normalized spacial score (nSPS) is 7.86. The van der Waals surface area contributed by atoms with Crippen molar-refractivity contribution in [3.8, 4) is 0 Å². The van der Waals surface area contributed by atoms with E-state index in [1.54, 1.807) is 7.11 Å². The Morgan fingerprint density at radius 1 is 1.14 bits per heavy atom. The molecule has 0 N–H and O–H groups in total. The lowest BCUT2D eigenvalue weighted by Crippen LogP contribution is -1.90. The molecule has 1 aromatic rings. The third kappa shape index (κ3) is 7.74. The number of pyridine rings is 1. The lowest BCUT2D eigenvalue weighted by Gasteiger charge is -1.97. The molecule has 1 aromatic heterocycles. The number of hydrogen-bond acceptors (Lipinski definition) is 2. The van der Waals surface area contributed by atoms with Crippen LogP contribution in [-0.2, 0) is 11.3 Å². The number of rotatable bonds is 2. The van der Waals surface area contributed by atoms with Gasteiger partial charge >= 0.3 is 0 Å². The molecule has 2 heteroatoms. The first kappa shape index (κ1) is 15.6. The van der Waals surface area contributed by atoms with Gasteiger partial charge in [-0.2, -0.15) is 0 Å². The van der Waals surface area contributed by atoms with E-state index < -0.39 is 0 Å². The summed E-state index contributed by atoms with van der Waals surface area (Å²) in [6.07, 6.45) is 1.84. The van der Waals surface area contributed by atoms with Gasteiger partial charge in [0.05, 0.1) is 12.3 Å². The number of hydrogen-bond donors (Lipinski definition) is 0. The summed E-state index contributed by atoms with van der Waals surface area (Å²) in [7, 11) is 1.67. The number of ether oxygens (including phenoxy) is 1. The zero-order valence-corrected chi connectivity index (χ0v) is 10.3. The molecule has 1 rings (SSSR count). The summed E-state index contributed by atoms with van der Waals surface area (Å²) in [6, 6.07) is 4.00. The van der Waals surface area contributed by atoms with Gasteiger partial charge in [0.25, 0.3) is 0 Å². The second kappa shape index (κ2) is 12.1. The Morgan fingerprint density at radius 3 is 2.07 bits per heavy atom. The van der Waals surface area contributed by atoms with Gasteiger partial charge in [-0.15, -0.1) is 0 Å². The number of aryl methyl sites for hydroxylation is 1. The quantitative estimate of drug-likeness (QED) is 0.723. The third-order valence-electron chi connectivity index (χ3n) is 1.26. The molecule has 0 aliphatic rings. The van der Waals surface area contributed by atoms with E-state index in [1.165, 1.54) is 5.56 Å². The van der Waals surface area contributed by atoms with Crippen LogP contribution in [0.5, 0.6) is 0 Å². The van der Waals surface area contributed by atoms with Crippen molar-refractivity contribution in [2.75, 3.05) is 7.11 Å². The van der Waals surface area contributed by atoms with Crippen molar-refractivity contribution in [2.45, 2.75) is 41.2 Å². The van der Waals surface area contributed by atoms with E-state index in [-0.39, 0.29) is 0 Å². The summed E-state index contributed by atoms with van der Waals surface area (Å²) < 4.78 is 4.91. The van der Waals surface area contributed by atoms with Gasteiger partial charge in [0, 0.05) is 13.3 Å². The van der Waals surface area contributed by atoms with Crippen LogP contribution in [0.1, 0.15) is 39.0 Å². The molecule has 82 valence electrons. The van der Waals surface area contributed by atoms with Gasteiger partial charge < -0.3 is 4.74 Å². The van der Waals surface area contributed by atoms with E-state index in [0.29, 0.717) is 6.61 Å². The topological polar surface area (TPSA) is 22.1 Å². The molecule has 0 aliphatic heterocycles. The van der Waals surface area contributed by atoms with Gasteiger partial charge in [0.2, 0.25) is 0 Å². The van der Waals surface area contributed by atoms with Crippen LogP contribution in [0.3, 0.4) is 0 Å². The number of nitrogens with zero attached hydrogens (tertiary/aromatic N) is 1. The van der Waals surface area contributed by atoms with Crippen LogP contribution >= 0.6 is 0 Å². The van der Waals surface area contributed by atoms with E-state index >= 15 is 0 Å². The minimum absolute atomic E-state index is 0.597. The fraction of sp³-hybridized carbons (Fsp3) is 0.583. The molecule has 0 unspecified atom stereocenters. The Labute approximate surface area is 88.3 Å². The van der Waals surface area contributed by atoms with Crippen LogP contribution < -0.4 is 0 Å². The lowest BCUT2D eigenvalue weighted by molar-refractivity contribution is 0.181. The van der Waals surface area contributed by atoms with Crippen molar-refractivity contribution < 1.29 is 4.74 Å². The molecule has 0 fully saturated rings. The molecule has 2 nitrogen and oxygen atoms in total. The smallest absolute Gasteiger partial charge is 0.0884 e. The van der Waals surface area contributed by atoms with Crippen molar-refractivity contribution in [1.82, 2.24) is 4.98 Å². The van der Waals surface area contributed by atoms with Gasteiger partial charge in [0.15, 0.2) is 0 Å². The largest absolute Gasteiger partial charge is 0.378 e. The molecule has 1 heterocycles. The van der Waals surface area contributed by atoms with Crippen LogP contribution in [0, 0.1) is 6.92 Å². The third-order valence-corrected chi connectivity index (χ3v) is 1.26. The van der Waals surface area contributed by atoms with Gasteiger partial charge in [-0.05, 0) is 18.6 Å². The fourth-order valence-corrected chi connectivity index (χ4v) is 0.732. The van der Waals surface area contributed by atoms with Crippen molar-refractivity contribution in [1.29, 1.82) is 0 Å². The summed E-state index contributed by atoms with van der Waals surface area (Å²) in [5, 5.41) is 0. The van der Waals surface area contributed by atoms with Gasteiger partial charge in [0.1, 0.15) is 0 Å². The number of methoxy groups -OCH3 is 1. The molecule has 0 aliphatic carbocycles. The molecule has 0 saturated heterocycles. The second-order valence-corrected chi connectivity index (χ2v) is 2.26. The molecule has 0 bridgehead atoms. The SMILES string of the molecule is CC.CC.COCc1ccc(C)cn1. The van der Waals surface area contributed by atoms with E-state index in [9.17, 15) is 0 Å². The van der Waals surface area contributed by atoms with Crippen LogP contribution in [-0.4, -0.2) is 12.1 Å². The van der Waals surface area contributed by atoms with Crippen LogP contribution in [0.2, 0.25) is 0 Å². The van der Waals surface area contributed by atoms with Crippen molar-refractivity contribution in [3.05, 3.63) is 29.6 Å². The molecule has 14 heavy (non-hydrogen) atoms. The monoisotopic (exact) mass is 197 g/mol. The summed E-state index contributed by atoms with van der Waals surface area (Å²) >= 11 is 0.